The van der Waals surface area contributed by atoms with Crippen molar-refractivity contribution in [3.63, 3.8) is 0 Å². The van der Waals surface area contributed by atoms with Gasteiger partial charge in [0.2, 0.25) is 5.88 Å². The molecule has 0 N–H and O–H groups in total. The minimum absolute atomic E-state index is 0.0488. The fourth-order valence-corrected chi connectivity index (χ4v) is 3.50. The Morgan fingerprint density at radius 2 is 1.64 bits per heavy atom. The molecule has 2 amide bonds. The molecule has 0 saturated carbocycles. The first-order chi connectivity index (χ1) is 13.7. The molecule has 2 heterocycles. The molecule has 1 aliphatic heterocycles. The number of rotatable bonds is 4. The second-order valence-corrected chi connectivity index (χ2v) is 7.49. The second kappa shape index (κ2) is 8.44. The van der Waals surface area contributed by atoms with Gasteiger partial charge in [0.05, 0.1) is 17.9 Å². The van der Waals surface area contributed by atoms with Crippen LogP contribution in [-0.4, -0.2) is 35.1 Å². The third-order valence-corrected chi connectivity index (χ3v) is 5.09. The Hall–Kier alpha value is -2.86. The second-order valence-electron chi connectivity index (χ2n) is 6.58. The maximum atomic E-state index is 13.4. The van der Waals surface area contributed by atoms with E-state index >= 15 is 0 Å². The molecule has 142 valence electrons. The highest BCUT2D eigenvalue weighted by Gasteiger charge is 2.32. The first kappa shape index (κ1) is 18.5. The average Bonchev–Trinajstić information content (AvgIpc) is 3.20. The highest BCUT2D eigenvalue weighted by Crippen LogP contribution is 2.28. The number of para-hydroxylation sites is 2. The van der Waals surface area contributed by atoms with Crippen molar-refractivity contribution in [1.82, 2.24) is 9.88 Å². The Labute approximate surface area is 172 Å². The standard InChI is InChI=1S/C22H20BrN3O2/c23-17-11-12-21(24-15-17)28-20-13-14-25(16-20)22(27)26(18-7-3-1-4-8-18)19-9-5-2-6-10-19/h1-12,15,20H,13-14,16H2. The van der Waals surface area contributed by atoms with Gasteiger partial charge in [-0.1, -0.05) is 36.4 Å². The Bertz CT molecular complexity index is 880. The van der Waals surface area contributed by atoms with Crippen LogP contribution in [0.25, 0.3) is 0 Å². The Balaban J connectivity index is 1.51. The number of pyridine rings is 1. The first-order valence-electron chi connectivity index (χ1n) is 9.18. The average molecular weight is 438 g/mol. The van der Waals surface area contributed by atoms with Gasteiger partial charge in [-0.25, -0.2) is 9.78 Å². The van der Waals surface area contributed by atoms with Crippen LogP contribution in [0.5, 0.6) is 5.88 Å². The van der Waals surface area contributed by atoms with Gasteiger partial charge in [-0.15, -0.1) is 0 Å². The molecule has 1 fully saturated rings. The van der Waals surface area contributed by atoms with Crippen molar-refractivity contribution in [2.24, 2.45) is 0 Å². The molecule has 1 unspecified atom stereocenters. The van der Waals surface area contributed by atoms with Crippen LogP contribution in [0.1, 0.15) is 6.42 Å². The zero-order valence-electron chi connectivity index (χ0n) is 15.2. The van der Waals surface area contributed by atoms with Gasteiger partial charge in [-0.05, 0) is 46.3 Å². The van der Waals surface area contributed by atoms with Gasteiger partial charge in [0.1, 0.15) is 6.10 Å². The quantitative estimate of drug-likeness (QED) is 0.559. The number of hydrogen-bond donors (Lipinski definition) is 0. The van der Waals surface area contributed by atoms with Gasteiger partial charge in [0.15, 0.2) is 0 Å². The number of benzene rings is 2. The van der Waals surface area contributed by atoms with E-state index in [2.05, 4.69) is 20.9 Å². The molecule has 3 aromatic rings. The SMILES string of the molecule is O=C(N1CCC(Oc2ccc(Br)cn2)C1)N(c1ccccc1)c1ccccc1. The summed E-state index contributed by atoms with van der Waals surface area (Å²) in [5, 5.41) is 0. The molecule has 28 heavy (non-hydrogen) atoms. The smallest absolute Gasteiger partial charge is 0.329 e. The van der Waals surface area contributed by atoms with Crippen molar-refractivity contribution in [3.8, 4) is 5.88 Å². The number of aromatic nitrogens is 1. The topological polar surface area (TPSA) is 45.7 Å². The Morgan fingerprint density at radius 3 is 2.21 bits per heavy atom. The van der Waals surface area contributed by atoms with E-state index in [1.807, 2.05) is 77.7 Å². The van der Waals surface area contributed by atoms with Crippen molar-refractivity contribution < 1.29 is 9.53 Å². The van der Waals surface area contributed by atoms with Crippen molar-refractivity contribution in [3.05, 3.63) is 83.5 Å². The van der Waals surface area contributed by atoms with Gasteiger partial charge in [-0.2, -0.15) is 0 Å². The van der Waals surface area contributed by atoms with E-state index < -0.39 is 0 Å². The minimum Gasteiger partial charge on any atom is -0.472 e. The summed E-state index contributed by atoms with van der Waals surface area (Å²) in [6.45, 7) is 1.18. The molecule has 4 rings (SSSR count). The zero-order chi connectivity index (χ0) is 19.3. The summed E-state index contributed by atoms with van der Waals surface area (Å²) in [4.78, 5) is 21.2. The van der Waals surface area contributed by atoms with Crippen molar-refractivity contribution >= 4 is 33.3 Å². The normalized spacial score (nSPS) is 16.0. The predicted octanol–water partition coefficient (Wildman–Crippen LogP) is 5.26. The van der Waals surface area contributed by atoms with E-state index in [-0.39, 0.29) is 12.1 Å². The van der Waals surface area contributed by atoms with Crippen LogP contribution < -0.4 is 9.64 Å². The lowest BCUT2D eigenvalue weighted by Gasteiger charge is -2.28. The number of anilines is 2. The van der Waals surface area contributed by atoms with Crippen LogP contribution in [0.4, 0.5) is 16.2 Å². The lowest BCUT2D eigenvalue weighted by molar-refractivity contribution is 0.188. The highest BCUT2D eigenvalue weighted by atomic mass is 79.9. The summed E-state index contributed by atoms with van der Waals surface area (Å²) >= 11 is 3.37. The number of ether oxygens (including phenoxy) is 1. The van der Waals surface area contributed by atoms with Crippen LogP contribution in [0.2, 0.25) is 0 Å². The number of carbonyl (C=O) groups is 1. The van der Waals surface area contributed by atoms with Gasteiger partial charge in [0, 0.05) is 29.7 Å². The summed E-state index contributed by atoms with van der Waals surface area (Å²) in [5.74, 6) is 0.575. The van der Waals surface area contributed by atoms with E-state index in [9.17, 15) is 4.79 Å². The van der Waals surface area contributed by atoms with Gasteiger partial charge in [0.25, 0.3) is 0 Å². The Kier molecular flexibility index (Phi) is 5.58. The number of nitrogens with zero attached hydrogens (tertiary/aromatic N) is 3. The number of amides is 2. The molecular weight excluding hydrogens is 418 g/mol. The fraction of sp³-hybridized carbons (Fsp3) is 0.182. The third-order valence-electron chi connectivity index (χ3n) is 4.62. The predicted molar refractivity (Wildman–Crippen MR) is 113 cm³/mol. The third kappa shape index (κ3) is 4.17. The van der Waals surface area contributed by atoms with Crippen LogP contribution >= 0.6 is 15.9 Å². The molecule has 0 bridgehead atoms. The molecule has 0 spiro atoms. The highest BCUT2D eigenvalue weighted by molar-refractivity contribution is 9.10. The zero-order valence-corrected chi connectivity index (χ0v) is 16.8. The van der Waals surface area contributed by atoms with Crippen LogP contribution in [0.15, 0.2) is 83.5 Å². The molecule has 2 aromatic carbocycles. The first-order valence-corrected chi connectivity index (χ1v) is 9.97. The van der Waals surface area contributed by atoms with Crippen molar-refractivity contribution in [2.45, 2.75) is 12.5 Å². The molecule has 1 aliphatic rings. The van der Waals surface area contributed by atoms with E-state index in [1.54, 1.807) is 11.1 Å². The molecule has 0 radical (unpaired) electrons. The molecule has 1 aromatic heterocycles. The van der Waals surface area contributed by atoms with E-state index in [1.165, 1.54) is 0 Å². The number of likely N-dealkylation sites (tertiary alicyclic amines) is 1. The van der Waals surface area contributed by atoms with Crippen LogP contribution in [-0.2, 0) is 0 Å². The maximum absolute atomic E-state index is 13.4. The monoisotopic (exact) mass is 437 g/mol. The minimum atomic E-state index is -0.0639. The number of urea groups is 1. The Morgan fingerprint density at radius 1 is 1.00 bits per heavy atom. The van der Waals surface area contributed by atoms with E-state index in [4.69, 9.17) is 4.74 Å². The van der Waals surface area contributed by atoms with Crippen LogP contribution in [0, 0.1) is 0 Å². The summed E-state index contributed by atoms with van der Waals surface area (Å²) < 4.78 is 6.86. The lowest BCUT2D eigenvalue weighted by atomic mass is 10.2. The summed E-state index contributed by atoms with van der Waals surface area (Å²) in [7, 11) is 0. The number of halogens is 1. The summed E-state index contributed by atoms with van der Waals surface area (Å²) in [6, 6.07) is 23.1. The van der Waals surface area contributed by atoms with E-state index in [0.29, 0.717) is 19.0 Å². The molecule has 1 saturated heterocycles. The number of hydrogen-bond acceptors (Lipinski definition) is 3. The van der Waals surface area contributed by atoms with Gasteiger partial charge < -0.3 is 9.64 Å². The summed E-state index contributed by atoms with van der Waals surface area (Å²) in [5.41, 5.74) is 1.69. The van der Waals surface area contributed by atoms with Crippen molar-refractivity contribution in [2.75, 3.05) is 18.0 Å². The van der Waals surface area contributed by atoms with Gasteiger partial charge in [-0.3, -0.25) is 4.90 Å². The van der Waals surface area contributed by atoms with Crippen LogP contribution in [0.3, 0.4) is 0 Å². The lowest BCUT2D eigenvalue weighted by Crippen LogP contribution is -2.40. The largest absolute Gasteiger partial charge is 0.472 e. The molecular formula is C22H20BrN3O2. The van der Waals surface area contributed by atoms with Crippen molar-refractivity contribution in [1.29, 1.82) is 0 Å². The summed E-state index contributed by atoms with van der Waals surface area (Å²) in [6.07, 6.45) is 2.42. The fourth-order valence-electron chi connectivity index (χ4n) is 3.27. The van der Waals surface area contributed by atoms with E-state index in [0.717, 1.165) is 22.3 Å². The molecule has 0 aliphatic carbocycles. The number of carbonyl (C=O) groups excluding carboxylic acids is 1. The molecule has 5 nitrogen and oxygen atoms in total. The molecule has 1 atom stereocenters. The van der Waals surface area contributed by atoms with Gasteiger partial charge >= 0.3 is 6.03 Å². The maximum Gasteiger partial charge on any atom is 0.329 e. The molecule has 6 heteroatoms.